The fourth-order valence-electron chi connectivity index (χ4n) is 4.55. The van der Waals surface area contributed by atoms with E-state index in [0.29, 0.717) is 18.9 Å². The maximum Gasteiger partial charge on any atom is 0.217 e. The van der Waals surface area contributed by atoms with Crippen LogP contribution in [0, 0.1) is 5.92 Å². The molecule has 8 heteroatoms. The predicted octanol–water partition coefficient (Wildman–Crippen LogP) is 6.35. The second-order valence-corrected chi connectivity index (χ2v) is 12.4. The van der Waals surface area contributed by atoms with Gasteiger partial charge in [-0.2, -0.15) is 0 Å². The van der Waals surface area contributed by atoms with Crippen LogP contribution in [0.15, 0.2) is 0 Å². The van der Waals surface area contributed by atoms with Crippen LogP contribution in [0.4, 0.5) is 0 Å². The number of unbranched alkanes of at least 4 members (excludes halogenated alkanes) is 10. The molecule has 0 saturated heterocycles. The first-order valence-electron chi connectivity index (χ1n) is 14.6. The number of nitrogens with one attached hydrogen (secondary N) is 1. The van der Waals surface area contributed by atoms with Gasteiger partial charge in [0.15, 0.2) is 19.2 Å². The van der Waals surface area contributed by atoms with Crippen LogP contribution in [0.5, 0.6) is 0 Å². The molecule has 37 heavy (non-hydrogen) atoms. The molecule has 216 valence electrons. The third kappa shape index (κ3) is 20.5. The van der Waals surface area contributed by atoms with Gasteiger partial charge >= 0.3 is 0 Å². The first-order valence-corrected chi connectivity index (χ1v) is 15.9. The molecule has 0 bridgehead atoms. The van der Waals surface area contributed by atoms with Crippen molar-refractivity contribution in [1.82, 2.24) is 10.2 Å². The average Bonchev–Trinajstić information content (AvgIpc) is 2.83. The Kier molecular flexibility index (Phi) is 22.1. The number of ketones is 1. The molecule has 0 spiro atoms. The normalized spacial score (nSPS) is 13.8. The Morgan fingerprint density at radius 1 is 0.784 bits per heavy atom. The Labute approximate surface area is 227 Å². The molecule has 0 aromatic carbocycles. The van der Waals surface area contributed by atoms with Crippen molar-refractivity contribution in [1.29, 1.82) is 0 Å². The molecule has 7 nitrogen and oxygen atoms in total. The highest BCUT2D eigenvalue weighted by Crippen LogP contribution is 2.35. The van der Waals surface area contributed by atoms with Crippen LogP contribution < -0.4 is 5.32 Å². The highest BCUT2D eigenvalue weighted by atomic mass is 31.1. The van der Waals surface area contributed by atoms with Crippen molar-refractivity contribution in [2.24, 2.45) is 5.92 Å². The summed E-state index contributed by atoms with van der Waals surface area (Å²) in [6.07, 6.45) is 16.6. The second kappa shape index (κ2) is 22.8. The van der Waals surface area contributed by atoms with Crippen molar-refractivity contribution < 1.29 is 24.1 Å². The summed E-state index contributed by atoms with van der Waals surface area (Å²) in [5, 5.41) is 2.67. The van der Waals surface area contributed by atoms with Crippen LogP contribution in [-0.4, -0.2) is 59.2 Å². The molecule has 0 rings (SSSR count). The summed E-state index contributed by atoms with van der Waals surface area (Å²) in [6, 6.07) is -0.684. The largest absolute Gasteiger partial charge is 0.360 e. The van der Waals surface area contributed by atoms with E-state index >= 15 is 0 Å². The third-order valence-electron chi connectivity index (χ3n) is 6.86. The Balaban J connectivity index is 4.39. The molecule has 0 saturated carbocycles. The lowest BCUT2D eigenvalue weighted by Gasteiger charge is -2.20. The van der Waals surface area contributed by atoms with Gasteiger partial charge in [-0.15, -0.1) is 0 Å². The first kappa shape index (κ1) is 35.8. The van der Waals surface area contributed by atoms with E-state index < -0.39 is 25.2 Å². The summed E-state index contributed by atoms with van der Waals surface area (Å²) >= 11 is 0. The summed E-state index contributed by atoms with van der Waals surface area (Å²) < 4.78 is 0. The van der Waals surface area contributed by atoms with Gasteiger partial charge in [-0.25, -0.2) is 0 Å². The minimum Gasteiger partial charge on any atom is -0.360 e. The van der Waals surface area contributed by atoms with Crippen LogP contribution >= 0.6 is 8.15 Å². The minimum absolute atomic E-state index is 0.0164. The van der Waals surface area contributed by atoms with Crippen LogP contribution in [-0.2, 0) is 19.2 Å². The number of nitrogens with zero attached hydrogens (tertiary/aromatic N) is 1. The molecule has 3 unspecified atom stereocenters. The Bertz CT molecular complexity index is 656. The fraction of sp³-hybridized carbons (Fsp3) is 0.862. The van der Waals surface area contributed by atoms with Gasteiger partial charge in [0.1, 0.15) is 5.78 Å². The molecule has 0 aliphatic heterocycles. The zero-order valence-corrected chi connectivity index (χ0v) is 25.3. The van der Waals surface area contributed by atoms with Gasteiger partial charge in [0.25, 0.3) is 0 Å². The van der Waals surface area contributed by atoms with Crippen molar-refractivity contribution in [2.75, 3.05) is 20.6 Å². The highest BCUT2D eigenvalue weighted by molar-refractivity contribution is 7.84. The van der Waals surface area contributed by atoms with Crippen molar-refractivity contribution in [3.05, 3.63) is 0 Å². The SMILES string of the molecule is CCCCCCCCCCCCCC(CC)CC(=O)CC(CC(=O)P(O)C(=O)CCN(C)C)NC(C)=O. The molecule has 0 aromatic rings. The Morgan fingerprint density at radius 2 is 1.32 bits per heavy atom. The van der Waals surface area contributed by atoms with Crippen LogP contribution in [0.1, 0.15) is 130 Å². The molecule has 0 aliphatic rings. The van der Waals surface area contributed by atoms with E-state index in [1.807, 2.05) is 19.0 Å². The van der Waals surface area contributed by atoms with E-state index in [0.717, 1.165) is 19.3 Å². The first-order chi connectivity index (χ1) is 17.6. The Morgan fingerprint density at radius 3 is 1.81 bits per heavy atom. The molecular formula is C29H55N2O5P. The Hall–Kier alpha value is -1.17. The third-order valence-corrected chi connectivity index (χ3v) is 8.21. The van der Waals surface area contributed by atoms with Crippen molar-refractivity contribution in [3.8, 4) is 0 Å². The number of hydrogen-bond donors (Lipinski definition) is 2. The average molecular weight is 543 g/mol. The quantitative estimate of drug-likeness (QED) is 0.103. The van der Waals surface area contributed by atoms with Gasteiger partial charge < -0.3 is 15.1 Å². The highest BCUT2D eigenvalue weighted by Gasteiger charge is 2.28. The van der Waals surface area contributed by atoms with Crippen molar-refractivity contribution in [2.45, 2.75) is 136 Å². The number of amides is 1. The minimum atomic E-state index is -2.42. The van der Waals surface area contributed by atoms with Crippen molar-refractivity contribution in [3.63, 3.8) is 0 Å². The van der Waals surface area contributed by atoms with E-state index in [1.165, 1.54) is 71.1 Å². The van der Waals surface area contributed by atoms with Gasteiger partial charge in [0.05, 0.1) is 0 Å². The summed E-state index contributed by atoms with van der Waals surface area (Å²) in [5.41, 5.74) is -1.06. The predicted molar refractivity (Wildman–Crippen MR) is 154 cm³/mol. The standard InChI is InChI=1S/C29H55N2O5P/c1-6-8-9-10-11-12-13-14-15-16-17-18-25(7-2)21-27(33)22-26(30-24(3)32)23-29(35)37(36)28(34)19-20-31(4)5/h25-26,36H,6-23H2,1-5H3,(H,30,32). The molecular weight excluding hydrogens is 487 g/mol. The molecule has 0 fully saturated rings. The zero-order chi connectivity index (χ0) is 28.1. The lowest BCUT2D eigenvalue weighted by molar-refractivity contribution is -0.122. The van der Waals surface area contributed by atoms with Gasteiger partial charge in [-0.1, -0.05) is 97.3 Å². The number of rotatable bonds is 25. The van der Waals surface area contributed by atoms with E-state index in [-0.39, 0.29) is 31.0 Å². The number of hydrogen-bond acceptors (Lipinski definition) is 6. The number of carbonyl (C=O) groups is 4. The molecule has 0 aliphatic carbocycles. The van der Waals surface area contributed by atoms with E-state index in [1.54, 1.807) is 0 Å². The molecule has 0 aromatic heterocycles. The zero-order valence-electron chi connectivity index (χ0n) is 24.4. The number of Topliss-reactive ketones (excluding diaryl/α,β-unsaturated/α-hetero) is 1. The monoisotopic (exact) mass is 542 g/mol. The molecule has 3 atom stereocenters. The van der Waals surface area contributed by atoms with Gasteiger partial charge in [0, 0.05) is 45.2 Å². The summed E-state index contributed by atoms with van der Waals surface area (Å²) in [7, 11) is 1.20. The van der Waals surface area contributed by atoms with Crippen LogP contribution in [0.3, 0.4) is 0 Å². The number of carbonyl (C=O) groups excluding carboxylic acids is 4. The summed E-state index contributed by atoms with van der Waals surface area (Å²) in [5.74, 6) is -0.00944. The maximum absolute atomic E-state index is 12.8. The van der Waals surface area contributed by atoms with E-state index in [9.17, 15) is 24.1 Å². The fourth-order valence-corrected chi connectivity index (χ4v) is 5.53. The molecule has 1 amide bonds. The van der Waals surface area contributed by atoms with E-state index in [4.69, 9.17) is 0 Å². The van der Waals surface area contributed by atoms with Gasteiger partial charge in [-0.3, -0.25) is 19.2 Å². The van der Waals surface area contributed by atoms with Crippen LogP contribution in [0.2, 0.25) is 0 Å². The summed E-state index contributed by atoms with van der Waals surface area (Å²) in [6.45, 7) is 6.14. The summed E-state index contributed by atoms with van der Waals surface area (Å²) in [4.78, 5) is 61.0. The maximum atomic E-state index is 12.8. The van der Waals surface area contributed by atoms with Gasteiger partial charge in [-0.05, 0) is 20.0 Å². The van der Waals surface area contributed by atoms with Crippen LogP contribution in [0.25, 0.3) is 0 Å². The lowest BCUT2D eigenvalue weighted by atomic mass is 9.91. The topological polar surface area (TPSA) is 104 Å². The smallest absolute Gasteiger partial charge is 0.217 e. The molecule has 0 heterocycles. The van der Waals surface area contributed by atoms with Gasteiger partial charge in [0.2, 0.25) is 5.91 Å². The van der Waals surface area contributed by atoms with E-state index in [2.05, 4.69) is 19.2 Å². The van der Waals surface area contributed by atoms with Crippen molar-refractivity contribution >= 4 is 30.9 Å². The second-order valence-electron chi connectivity index (χ2n) is 10.8. The lowest BCUT2D eigenvalue weighted by Crippen LogP contribution is -2.37. The molecule has 0 radical (unpaired) electrons. The molecule has 2 N–H and O–H groups in total.